The van der Waals surface area contributed by atoms with Crippen molar-refractivity contribution >= 4 is 28.9 Å². The van der Waals surface area contributed by atoms with Crippen molar-refractivity contribution in [3.63, 3.8) is 0 Å². The van der Waals surface area contributed by atoms with E-state index in [2.05, 4.69) is 6.92 Å². The molecular weight excluding hydrogens is 550 g/mol. The first-order chi connectivity index (χ1) is 19.7. The van der Waals surface area contributed by atoms with Gasteiger partial charge >= 0.3 is 5.97 Å². The summed E-state index contributed by atoms with van der Waals surface area (Å²) in [5.74, 6) is -0.589. The van der Waals surface area contributed by atoms with Crippen LogP contribution in [0.2, 0.25) is 0 Å². The maximum atomic E-state index is 12.7. The molecule has 0 spiro atoms. The van der Waals surface area contributed by atoms with E-state index in [1.54, 1.807) is 6.07 Å². The second kappa shape index (κ2) is 16.3. The third-order valence-electron chi connectivity index (χ3n) is 7.50. The Morgan fingerprint density at radius 1 is 1.00 bits per heavy atom. The highest BCUT2D eigenvalue weighted by atomic mass is 32.1. The van der Waals surface area contributed by atoms with Crippen LogP contribution >= 0.6 is 11.3 Å². The summed E-state index contributed by atoms with van der Waals surface area (Å²) in [6.45, 7) is 0.745. The van der Waals surface area contributed by atoms with E-state index in [1.165, 1.54) is 11.3 Å². The molecule has 2 heterocycles. The van der Waals surface area contributed by atoms with E-state index < -0.39 is 49.7 Å². The summed E-state index contributed by atoms with van der Waals surface area (Å²) in [5, 5.41) is 58.1. The fourth-order valence-corrected chi connectivity index (χ4v) is 5.95. The van der Waals surface area contributed by atoms with Crippen molar-refractivity contribution in [1.82, 2.24) is 0 Å². The number of amides is 1. The quantitative estimate of drug-likeness (QED) is 0.119. The predicted octanol–water partition coefficient (Wildman–Crippen LogP) is 2.47. The smallest absolute Gasteiger partial charge is 0.348 e. The molecule has 3 rings (SSSR count). The minimum Gasteiger partial charge on any atom is -0.459 e. The molecular formula is C30H43NO9S. The Hall–Kier alpha value is -2.38. The van der Waals surface area contributed by atoms with Gasteiger partial charge in [-0.1, -0.05) is 38.3 Å². The summed E-state index contributed by atoms with van der Waals surface area (Å²) in [6.07, 6.45) is 0.152. The van der Waals surface area contributed by atoms with Crippen molar-refractivity contribution in [1.29, 1.82) is 0 Å². The molecule has 11 heteroatoms. The average molecular weight is 594 g/mol. The molecule has 0 unspecified atom stereocenters. The number of carbonyl (C=O) groups is 2. The second-order valence-electron chi connectivity index (χ2n) is 10.6. The standard InChI is InChI=1S/C30H43NO9S/c1-2-3-4-8-23(33)19-9-11-21(12-10-19)31-20(13-16-27(31)36)6-5-7-22-14-15-26(41-22)30(39)40-18-25(35)29(38)28(37)24(34)17-32/h9-12,14-15,20,23-25,28-29,32-35,37-38H,2-8,13,16-18H2,1H3/t20-,23-,24+,25-,28-,29-/m0/s1. The van der Waals surface area contributed by atoms with E-state index in [0.717, 1.165) is 61.1 Å². The molecule has 0 bridgehead atoms. The van der Waals surface area contributed by atoms with Gasteiger partial charge in [-0.25, -0.2) is 4.79 Å². The van der Waals surface area contributed by atoms with E-state index in [4.69, 9.17) is 9.84 Å². The molecule has 0 radical (unpaired) electrons. The maximum absolute atomic E-state index is 12.7. The zero-order chi connectivity index (χ0) is 29.9. The lowest BCUT2D eigenvalue weighted by Crippen LogP contribution is -2.47. The van der Waals surface area contributed by atoms with Crippen LogP contribution in [0.1, 0.15) is 84.5 Å². The second-order valence-corrected chi connectivity index (χ2v) is 11.8. The molecule has 0 saturated carbocycles. The Morgan fingerprint density at radius 2 is 1.71 bits per heavy atom. The average Bonchev–Trinajstić information content (AvgIpc) is 3.61. The monoisotopic (exact) mass is 593 g/mol. The highest BCUT2D eigenvalue weighted by Crippen LogP contribution is 2.31. The Labute approximate surface area is 244 Å². The van der Waals surface area contributed by atoms with Gasteiger partial charge in [-0.15, -0.1) is 11.3 Å². The van der Waals surface area contributed by atoms with E-state index in [1.807, 2.05) is 35.2 Å². The first-order valence-electron chi connectivity index (χ1n) is 14.3. The number of esters is 1. The van der Waals surface area contributed by atoms with Crippen LogP contribution < -0.4 is 4.90 Å². The fourth-order valence-electron chi connectivity index (χ4n) is 5.01. The lowest BCUT2D eigenvalue weighted by molar-refractivity contribution is -0.124. The molecule has 1 aromatic carbocycles. The van der Waals surface area contributed by atoms with Crippen LogP contribution in [0, 0.1) is 0 Å². The molecule has 228 valence electrons. The van der Waals surface area contributed by atoms with Crippen molar-refractivity contribution in [2.45, 2.75) is 101 Å². The normalized spacial score (nSPS) is 19.1. The first-order valence-corrected chi connectivity index (χ1v) is 15.2. The largest absolute Gasteiger partial charge is 0.459 e. The number of ether oxygens (including phenoxy) is 1. The number of carbonyl (C=O) groups excluding carboxylic acids is 2. The third-order valence-corrected chi connectivity index (χ3v) is 8.62. The van der Waals surface area contributed by atoms with Gasteiger partial charge in [0.25, 0.3) is 0 Å². The van der Waals surface area contributed by atoms with Gasteiger partial charge in [0.15, 0.2) is 0 Å². The molecule has 6 N–H and O–H groups in total. The summed E-state index contributed by atoms with van der Waals surface area (Å²) >= 11 is 1.26. The van der Waals surface area contributed by atoms with Crippen molar-refractivity contribution in [3.8, 4) is 0 Å². The van der Waals surface area contributed by atoms with Gasteiger partial charge in [0.2, 0.25) is 5.91 Å². The van der Waals surface area contributed by atoms with E-state index in [0.29, 0.717) is 17.7 Å². The van der Waals surface area contributed by atoms with Crippen molar-refractivity contribution in [2.75, 3.05) is 18.1 Å². The number of aliphatic hydroxyl groups is 6. The number of benzene rings is 1. The van der Waals surface area contributed by atoms with Crippen LogP contribution in [0.15, 0.2) is 36.4 Å². The number of rotatable bonds is 17. The zero-order valence-electron chi connectivity index (χ0n) is 23.5. The van der Waals surface area contributed by atoms with Crippen molar-refractivity contribution in [3.05, 3.63) is 51.7 Å². The van der Waals surface area contributed by atoms with Gasteiger partial charge < -0.3 is 40.3 Å². The van der Waals surface area contributed by atoms with Crippen LogP contribution in [0.25, 0.3) is 0 Å². The number of anilines is 1. The molecule has 2 aromatic rings. The molecule has 0 aliphatic carbocycles. The highest BCUT2D eigenvalue weighted by molar-refractivity contribution is 7.13. The van der Waals surface area contributed by atoms with Crippen LogP contribution in [0.5, 0.6) is 0 Å². The summed E-state index contributed by atoms with van der Waals surface area (Å²) in [5.41, 5.74) is 1.71. The molecule has 1 aliphatic rings. The minimum absolute atomic E-state index is 0.0832. The first kappa shape index (κ1) is 33.1. The SMILES string of the molecule is CCCCC[C@H](O)c1ccc(N2C(=O)CC[C@@H]2CCCc2ccc(C(=O)OC[C@H](O)[C@H](O)[C@@H](O)[C@H](O)CO)s2)cc1. The Kier molecular flexibility index (Phi) is 13.2. The number of aliphatic hydroxyl groups excluding tert-OH is 6. The number of thiophene rings is 1. The van der Waals surface area contributed by atoms with Gasteiger partial charge in [0, 0.05) is 23.0 Å². The van der Waals surface area contributed by atoms with Gasteiger partial charge in [-0.05, 0) is 61.9 Å². The maximum Gasteiger partial charge on any atom is 0.348 e. The van der Waals surface area contributed by atoms with Crippen molar-refractivity contribution < 1.29 is 45.0 Å². The van der Waals surface area contributed by atoms with Gasteiger partial charge in [0.1, 0.15) is 35.9 Å². The summed E-state index contributed by atoms with van der Waals surface area (Å²) in [7, 11) is 0. The lowest BCUT2D eigenvalue weighted by atomic mass is 10.0. The molecule has 1 aromatic heterocycles. The molecule has 6 atom stereocenters. The van der Waals surface area contributed by atoms with E-state index >= 15 is 0 Å². The van der Waals surface area contributed by atoms with Crippen LogP contribution in [-0.2, 0) is 16.0 Å². The fraction of sp³-hybridized carbons (Fsp3) is 0.600. The molecule has 1 aliphatic heterocycles. The Bertz CT molecular complexity index is 1090. The molecule has 1 amide bonds. The van der Waals surface area contributed by atoms with Crippen molar-refractivity contribution in [2.24, 2.45) is 0 Å². The van der Waals surface area contributed by atoms with Gasteiger partial charge in [0.05, 0.1) is 12.7 Å². The molecule has 1 fully saturated rings. The topological polar surface area (TPSA) is 168 Å². The summed E-state index contributed by atoms with van der Waals surface area (Å²) in [6, 6.07) is 11.2. The van der Waals surface area contributed by atoms with E-state index in [-0.39, 0.29) is 11.9 Å². The number of hydrogen-bond acceptors (Lipinski definition) is 10. The molecule has 1 saturated heterocycles. The van der Waals surface area contributed by atoms with Gasteiger partial charge in [-0.2, -0.15) is 0 Å². The Morgan fingerprint density at radius 3 is 2.39 bits per heavy atom. The lowest BCUT2D eigenvalue weighted by Gasteiger charge is -2.25. The Balaban J connectivity index is 1.47. The third kappa shape index (κ3) is 9.31. The van der Waals surface area contributed by atoms with Crippen LogP contribution in [-0.4, -0.2) is 86.2 Å². The number of nitrogens with zero attached hydrogens (tertiary/aromatic N) is 1. The number of hydrogen-bond donors (Lipinski definition) is 6. The number of unbranched alkanes of at least 4 members (excludes halogenated alkanes) is 2. The predicted molar refractivity (Wildman–Crippen MR) is 155 cm³/mol. The number of aryl methyl sites for hydroxylation is 1. The van der Waals surface area contributed by atoms with Gasteiger partial charge in [-0.3, -0.25) is 4.79 Å². The highest BCUT2D eigenvalue weighted by Gasteiger charge is 2.32. The summed E-state index contributed by atoms with van der Waals surface area (Å²) < 4.78 is 5.04. The minimum atomic E-state index is -1.80. The zero-order valence-corrected chi connectivity index (χ0v) is 24.3. The van der Waals surface area contributed by atoms with Crippen LogP contribution in [0.3, 0.4) is 0 Å². The van der Waals surface area contributed by atoms with Crippen LogP contribution in [0.4, 0.5) is 5.69 Å². The molecule has 10 nitrogen and oxygen atoms in total. The van der Waals surface area contributed by atoms with E-state index in [9.17, 15) is 35.1 Å². The molecule has 41 heavy (non-hydrogen) atoms. The summed E-state index contributed by atoms with van der Waals surface area (Å²) in [4.78, 5) is 28.2.